The van der Waals surface area contributed by atoms with Gasteiger partial charge in [-0.25, -0.2) is 14.6 Å². The van der Waals surface area contributed by atoms with Gasteiger partial charge in [0.1, 0.15) is 11.2 Å². The molecule has 3 aromatic heterocycles. The first-order valence-electron chi connectivity index (χ1n) is 9.44. The minimum atomic E-state index is -0.305. The van der Waals surface area contributed by atoms with E-state index in [-0.39, 0.29) is 17.2 Å². The van der Waals surface area contributed by atoms with Gasteiger partial charge in [0.15, 0.2) is 5.16 Å². The number of fused-ring (bicyclic) bond motifs is 2. The summed E-state index contributed by atoms with van der Waals surface area (Å²) in [6.07, 6.45) is 2.30. The first-order valence-corrected chi connectivity index (χ1v) is 11.6. The minimum Gasteiger partial charge on any atom is -0.319 e. The summed E-state index contributed by atoms with van der Waals surface area (Å²) in [6.45, 7) is 6.73. The average Bonchev–Trinajstić information content (AvgIpc) is 3.19. The van der Waals surface area contributed by atoms with Crippen LogP contribution in [-0.2, 0) is 11.3 Å². The number of imidazole rings is 1. The Morgan fingerprint density at radius 1 is 1.33 bits per heavy atom. The maximum absolute atomic E-state index is 12.7. The number of halogens is 1. The molecule has 3 heterocycles. The van der Waals surface area contributed by atoms with E-state index < -0.39 is 0 Å². The second-order valence-corrected chi connectivity index (χ2v) is 9.47. The number of aromatic nitrogens is 4. The van der Waals surface area contributed by atoms with E-state index in [9.17, 15) is 9.59 Å². The number of carbonyl (C=O) groups excluding carboxylic acids is 1. The van der Waals surface area contributed by atoms with Crippen molar-refractivity contribution in [3.8, 4) is 0 Å². The smallest absolute Gasteiger partial charge is 0.281 e. The second-order valence-electron chi connectivity index (χ2n) is 6.89. The molecule has 0 saturated heterocycles. The Morgan fingerprint density at radius 2 is 2.13 bits per heavy atom. The van der Waals surface area contributed by atoms with Gasteiger partial charge in [0, 0.05) is 16.4 Å². The molecule has 1 aromatic carbocycles. The molecule has 7 nitrogen and oxygen atoms in total. The number of rotatable bonds is 6. The fourth-order valence-electron chi connectivity index (χ4n) is 3.24. The number of benzene rings is 1. The van der Waals surface area contributed by atoms with Crippen LogP contribution in [0.1, 0.15) is 23.8 Å². The van der Waals surface area contributed by atoms with E-state index in [0.29, 0.717) is 15.2 Å². The molecule has 0 aliphatic rings. The highest BCUT2D eigenvalue weighted by Gasteiger charge is 2.15. The molecule has 0 aliphatic carbocycles. The molecule has 0 aliphatic heterocycles. The zero-order valence-corrected chi connectivity index (χ0v) is 19.1. The zero-order valence-electron chi connectivity index (χ0n) is 16.7. The highest BCUT2D eigenvalue weighted by atomic mass is 35.5. The molecule has 1 N–H and O–H groups in total. The van der Waals surface area contributed by atoms with Crippen molar-refractivity contribution in [1.82, 2.24) is 19.2 Å². The number of nitrogens with zero attached hydrogens (tertiary/aromatic N) is 4. The van der Waals surface area contributed by atoms with Crippen LogP contribution in [0.4, 0.5) is 0 Å². The third kappa shape index (κ3) is 3.84. The fraction of sp³-hybridized carbons (Fsp3) is 0.300. The van der Waals surface area contributed by atoms with E-state index in [0.717, 1.165) is 44.3 Å². The maximum Gasteiger partial charge on any atom is 0.281 e. The molecule has 0 fully saturated rings. The quantitative estimate of drug-likeness (QED) is 0.431. The van der Waals surface area contributed by atoms with Gasteiger partial charge in [-0.1, -0.05) is 30.3 Å². The average molecular weight is 462 g/mol. The summed E-state index contributed by atoms with van der Waals surface area (Å²) in [7, 11) is 0. The van der Waals surface area contributed by atoms with Crippen LogP contribution in [0.5, 0.6) is 0 Å². The monoisotopic (exact) mass is 461 g/mol. The minimum absolute atomic E-state index is 0.118. The van der Waals surface area contributed by atoms with Crippen molar-refractivity contribution in [2.45, 2.75) is 38.9 Å². The molecular weight excluding hydrogens is 442 g/mol. The van der Waals surface area contributed by atoms with Gasteiger partial charge in [-0.2, -0.15) is 0 Å². The molecule has 4 aromatic rings. The van der Waals surface area contributed by atoms with Gasteiger partial charge in [0.25, 0.3) is 5.56 Å². The Kier molecular flexibility index (Phi) is 5.86. The normalized spacial score (nSPS) is 11.5. The van der Waals surface area contributed by atoms with Crippen molar-refractivity contribution in [3.05, 3.63) is 50.3 Å². The molecule has 1 amide bonds. The van der Waals surface area contributed by atoms with Gasteiger partial charge in [-0.3, -0.25) is 15.0 Å². The van der Waals surface area contributed by atoms with Crippen LogP contribution in [-0.4, -0.2) is 30.9 Å². The zero-order chi connectivity index (χ0) is 21.4. The molecule has 30 heavy (non-hydrogen) atoms. The Labute approximate surface area is 186 Å². The molecule has 0 radical (unpaired) electrons. The van der Waals surface area contributed by atoms with Gasteiger partial charge < -0.3 is 4.57 Å². The maximum atomic E-state index is 12.7. The third-order valence-corrected chi connectivity index (χ3v) is 7.12. The third-order valence-electron chi connectivity index (χ3n) is 4.79. The van der Waals surface area contributed by atoms with Crippen molar-refractivity contribution < 1.29 is 4.79 Å². The van der Waals surface area contributed by atoms with Crippen molar-refractivity contribution in [2.24, 2.45) is 0 Å². The number of hydrogen-bond donors (Lipinski definition) is 1. The molecule has 156 valence electrons. The van der Waals surface area contributed by atoms with Gasteiger partial charge >= 0.3 is 0 Å². The number of carbonyl (C=O) groups is 1. The molecule has 4 rings (SSSR count). The lowest BCUT2D eigenvalue weighted by Gasteiger charge is -2.09. The first-order chi connectivity index (χ1) is 14.4. The Morgan fingerprint density at radius 3 is 2.90 bits per heavy atom. The highest BCUT2D eigenvalue weighted by molar-refractivity contribution is 7.99. The molecule has 0 saturated carbocycles. The number of nitrogens with one attached hydrogen (secondary N) is 1. The SMILES string of the molecule is CCCn1c(SCC(=O)Nn2cnc3sc(C)c(C)c3c2=O)nc2cc(Cl)ccc21. The fourth-order valence-corrected chi connectivity index (χ4v) is 5.23. The molecule has 0 spiro atoms. The van der Waals surface area contributed by atoms with Crippen LogP contribution in [0.3, 0.4) is 0 Å². The molecule has 0 unspecified atom stereocenters. The van der Waals surface area contributed by atoms with Crippen LogP contribution in [0.2, 0.25) is 5.02 Å². The van der Waals surface area contributed by atoms with E-state index in [2.05, 4.69) is 26.9 Å². The molecule has 0 bridgehead atoms. The molecular formula is C20H20ClN5O2S2. The van der Waals surface area contributed by atoms with Gasteiger partial charge in [-0.05, 0) is 44.0 Å². The summed E-state index contributed by atoms with van der Waals surface area (Å²) in [5, 5.41) is 1.92. The molecule has 0 atom stereocenters. The van der Waals surface area contributed by atoms with E-state index in [4.69, 9.17) is 11.6 Å². The number of hydrogen-bond acceptors (Lipinski definition) is 6. The van der Waals surface area contributed by atoms with Crippen molar-refractivity contribution in [3.63, 3.8) is 0 Å². The lowest BCUT2D eigenvalue weighted by molar-refractivity contribution is -0.114. The largest absolute Gasteiger partial charge is 0.319 e. The van der Waals surface area contributed by atoms with Crippen LogP contribution in [0, 0.1) is 13.8 Å². The van der Waals surface area contributed by atoms with Crippen molar-refractivity contribution in [2.75, 3.05) is 11.2 Å². The van der Waals surface area contributed by atoms with Crippen LogP contribution < -0.4 is 11.0 Å². The summed E-state index contributed by atoms with van der Waals surface area (Å²) in [5.74, 6) is -0.187. The summed E-state index contributed by atoms with van der Waals surface area (Å²) in [4.78, 5) is 35.9. The van der Waals surface area contributed by atoms with Crippen molar-refractivity contribution >= 4 is 61.9 Å². The topological polar surface area (TPSA) is 81.8 Å². The number of aryl methyl sites for hydroxylation is 3. The highest BCUT2D eigenvalue weighted by Crippen LogP contribution is 2.27. The standard InChI is InChI=1S/C20H20ClN5O2S2/c1-4-7-25-15-6-5-13(21)8-14(15)23-20(25)29-9-16(27)24-26-10-22-18-17(19(26)28)11(2)12(3)30-18/h5-6,8,10H,4,7,9H2,1-3H3,(H,24,27). The van der Waals surface area contributed by atoms with E-state index in [1.54, 1.807) is 0 Å². The number of thiophene rings is 1. The van der Waals surface area contributed by atoms with Crippen molar-refractivity contribution in [1.29, 1.82) is 0 Å². The van der Waals surface area contributed by atoms with Gasteiger partial charge in [0.05, 0.1) is 22.2 Å². The predicted molar refractivity (Wildman–Crippen MR) is 123 cm³/mol. The predicted octanol–water partition coefficient (Wildman–Crippen LogP) is 4.35. The van der Waals surface area contributed by atoms with Gasteiger partial charge in [-0.15, -0.1) is 11.3 Å². The number of amides is 1. The molecule has 10 heteroatoms. The summed E-state index contributed by atoms with van der Waals surface area (Å²) < 4.78 is 3.24. The summed E-state index contributed by atoms with van der Waals surface area (Å²) in [5.41, 5.74) is 5.05. The van der Waals surface area contributed by atoms with Crippen LogP contribution in [0.25, 0.3) is 21.3 Å². The van der Waals surface area contributed by atoms with Gasteiger partial charge in [0.2, 0.25) is 5.91 Å². The summed E-state index contributed by atoms with van der Waals surface area (Å²) in [6, 6.07) is 5.59. The second kappa shape index (κ2) is 8.41. The Hall–Kier alpha value is -2.36. The number of thioether (sulfide) groups is 1. The Balaban J connectivity index is 1.54. The van der Waals surface area contributed by atoms with E-state index in [1.807, 2.05) is 32.0 Å². The van der Waals surface area contributed by atoms with Crippen LogP contribution >= 0.6 is 34.7 Å². The first kappa shape index (κ1) is 20.9. The lowest BCUT2D eigenvalue weighted by Crippen LogP contribution is -2.34. The lowest BCUT2D eigenvalue weighted by atomic mass is 10.2. The van der Waals surface area contributed by atoms with E-state index in [1.165, 1.54) is 29.4 Å². The Bertz CT molecular complexity index is 1320. The summed E-state index contributed by atoms with van der Waals surface area (Å²) >= 11 is 8.89. The van der Waals surface area contributed by atoms with E-state index >= 15 is 0 Å². The van der Waals surface area contributed by atoms with Crippen LogP contribution in [0.15, 0.2) is 34.5 Å².